The smallest absolute Gasteiger partial charge is 0.273 e. The van der Waals surface area contributed by atoms with Gasteiger partial charge in [-0.3, -0.25) is 4.57 Å². The number of aryl methyl sites for hydroxylation is 1. The molecule has 0 unspecified atom stereocenters. The molecule has 0 amide bonds. The summed E-state index contributed by atoms with van der Waals surface area (Å²) in [6.07, 6.45) is 6.38. The summed E-state index contributed by atoms with van der Waals surface area (Å²) in [5.74, 6) is 0.655. The van der Waals surface area contributed by atoms with Crippen molar-refractivity contribution in [2.24, 2.45) is 5.14 Å². The maximum atomic E-state index is 11.5. The summed E-state index contributed by atoms with van der Waals surface area (Å²) in [6.45, 7) is 2.95. The molecule has 116 valence electrons. The van der Waals surface area contributed by atoms with Crippen LogP contribution in [-0.2, 0) is 27.7 Å². The van der Waals surface area contributed by atoms with Gasteiger partial charge < -0.3 is 4.74 Å². The molecule has 1 aromatic rings. The lowest BCUT2D eigenvalue weighted by atomic mass is 10.1. The molecule has 7 nitrogen and oxygen atoms in total. The van der Waals surface area contributed by atoms with Gasteiger partial charge in [0.1, 0.15) is 5.82 Å². The fourth-order valence-electron chi connectivity index (χ4n) is 2.01. The van der Waals surface area contributed by atoms with Crippen LogP contribution in [0.2, 0.25) is 0 Å². The van der Waals surface area contributed by atoms with Crippen molar-refractivity contribution >= 4 is 10.0 Å². The Morgan fingerprint density at radius 1 is 1.20 bits per heavy atom. The van der Waals surface area contributed by atoms with Crippen LogP contribution >= 0.6 is 0 Å². The number of hydrogen-bond donors (Lipinski definition) is 1. The fourth-order valence-corrected chi connectivity index (χ4v) is 2.67. The molecule has 8 heteroatoms. The van der Waals surface area contributed by atoms with Crippen LogP contribution in [0.1, 0.15) is 44.9 Å². The Hall–Kier alpha value is -0.990. The summed E-state index contributed by atoms with van der Waals surface area (Å²) >= 11 is 0. The summed E-state index contributed by atoms with van der Waals surface area (Å²) < 4.78 is 29.4. The van der Waals surface area contributed by atoms with E-state index in [9.17, 15) is 8.42 Å². The number of primary sulfonamides is 1. The van der Waals surface area contributed by atoms with Crippen molar-refractivity contribution in [3.8, 4) is 0 Å². The van der Waals surface area contributed by atoms with Gasteiger partial charge >= 0.3 is 0 Å². The first kappa shape index (κ1) is 17.1. The molecule has 1 aromatic heterocycles. The molecule has 0 bridgehead atoms. The molecule has 0 aromatic carbocycles. The molecule has 20 heavy (non-hydrogen) atoms. The van der Waals surface area contributed by atoms with Crippen molar-refractivity contribution in [1.82, 2.24) is 14.8 Å². The van der Waals surface area contributed by atoms with Crippen molar-refractivity contribution < 1.29 is 13.2 Å². The van der Waals surface area contributed by atoms with E-state index in [2.05, 4.69) is 17.1 Å². The molecular weight excluding hydrogens is 280 g/mol. The Balaban J connectivity index is 2.72. The Morgan fingerprint density at radius 3 is 2.50 bits per heavy atom. The lowest BCUT2D eigenvalue weighted by molar-refractivity contribution is 0.183. The maximum Gasteiger partial charge on any atom is 0.273 e. The van der Waals surface area contributed by atoms with E-state index < -0.39 is 10.0 Å². The second-order valence-corrected chi connectivity index (χ2v) is 6.21. The second-order valence-electron chi connectivity index (χ2n) is 4.75. The van der Waals surface area contributed by atoms with Crippen LogP contribution in [0.25, 0.3) is 0 Å². The summed E-state index contributed by atoms with van der Waals surface area (Å²) in [7, 11) is -2.29. The Bertz CT molecular complexity index is 499. The first-order chi connectivity index (χ1) is 9.50. The van der Waals surface area contributed by atoms with E-state index in [0.717, 1.165) is 12.8 Å². The zero-order chi connectivity index (χ0) is 15.0. The molecule has 0 aliphatic rings. The number of hydrogen-bond acceptors (Lipinski definition) is 5. The monoisotopic (exact) mass is 304 g/mol. The van der Waals surface area contributed by atoms with Gasteiger partial charge in [0.15, 0.2) is 0 Å². The van der Waals surface area contributed by atoms with E-state index in [0.29, 0.717) is 25.4 Å². The zero-order valence-corrected chi connectivity index (χ0v) is 13.0. The fraction of sp³-hybridized carbons (Fsp3) is 0.833. The largest absolute Gasteiger partial charge is 0.383 e. The van der Waals surface area contributed by atoms with Crippen molar-refractivity contribution in [2.75, 3.05) is 13.7 Å². The first-order valence-corrected chi connectivity index (χ1v) is 8.49. The number of rotatable bonds is 10. The van der Waals surface area contributed by atoms with Gasteiger partial charge in [-0.2, -0.15) is 0 Å². The number of sulfonamides is 1. The maximum absolute atomic E-state index is 11.5. The van der Waals surface area contributed by atoms with Gasteiger partial charge in [-0.1, -0.05) is 32.6 Å². The number of ether oxygens (including phenoxy) is 1. The highest BCUT2D eigenvalue weighted by atomic mass is 32.2. The standard InChI is InChI=1S/C12H24N4O3S/c1-3-4-5-6-7-8-11-14-15-12(20(13,17)18)16(11)9-10-19-2/h3-10H2,1-2H3,(H2,13,17,18). The minimum absolute atomic E-state index is 0.182. The number of methoxy groups -OCH3 is 1. The SMILES string of the molecule is CCCCCCCc1nnc(S(N)(=O)=O)n1CCOC. The van der Waals surface area contributed by atoms with Crippen LogP contribution in [0.4, 0.5) is 0 Å². The van der Waals surface area contributed by atoms with Gasteiger partial charge in [-0.15, -0.1) is 10.2 Å². The molecule has 0 aliphatic heterocycles. The van der Waals surface area contributed by atoms with Crippen molar-refractivity contribution in [1.29, 1.82) is 0 Å². The Kier molecular flexibility index (Phi) is 7.11. The van der Waals surface area contributed by atoms with Crippen molar-refractivity contribution in [2.45, 2.75) is 57.1 Å². The van der Waals surface area contributed by atoms with Crippen LogP contribution in [0.15, 0.2) is 5.16 Å². The van der Waals surface area contributed by atoms with Gasteiger partial charge in [-0.25, -0.2) is 13.6 Å². The zero-order valence-electron chi connectivity index (χ0n) is 12.2. The van der Waals surface area contributed by atoms with Crippen LogP contribution in [0.5, 0.6) is 0 Å². The average Bonchev–Trinajstić information content (AvgIpc) is 2.79. The second kappa shape index (κ2) is 8.33. The molecule has 1 rings (SSSR count). The molecule has 0 aliphatic carbocycles. The molecule has 0 fully saturated rings. The Labute approximate surface area is 120 Å². The van der Waals surface area contributed by atoms with Gasteiger partial charge in [0.05, 0.1) is 6.61 Å². The van der Waals surface area contributed by atoms with Crippen LogP contribution in [0.3, 0.4) is 0 Å². The van der Waals surface area contributed by atoms with Crippen LogP contribution in [-0.4, -0.2) is 36.9 Å². The normalized spacial score (nSPS) is 11.9. The quantitative estimate of drug-likeness (QED) is 0.652. The van der Waals surface area contributed by atoms with Gasteiger partial charge in [0.25, 0.3) is 15.2 Å². The molecule has 2 N–H and O–H groups in total. The third-order valence-electron chi connectivity index (χ3n) is 3.07. The molecule has 0 saturated heterocycles. The van der Waals surface area contributed by atoms with E-state index in [-0.39, 0.29) is 5.16 Å². The third-order valence-corrected chi connectivity index (χ3v) is 3.88. The summed E-state index contributed by atoms with van der Waals surface area (Å²) in [5, 5.41) is 12.6. The Morgan fingerprint density at radius 2 is 1.90 bits per heavy atom. The highest BCUT2D eigenvalue weighted by Crippen LogP contribution is 2.11. The summed E-state index contributed by atoms with van der Waals surface area (Å²) in [5.41, 5.74) is 0. The number of nitrogens with zero attached hydrogens (tertiary/aromatic N) is 3. The summed E-state index contributed by atoms with van der Waals surface area (Å²) in [4.78, 5) is 0. The van der Waals surface area contributed by atoms with E-state index in [1.54, 1.807) is 11.7 Å². The molecular formula is C12H24N4O3S. The van der Waals surface area contributed by atoms with E-state index in [1.807, 2.05) is 0 Å². The predicted molar refractivity (Wildman–Crippen MR) is 75.7 cm³/mol. The summed E-state index contributed by atoms with van der Waals surface area (Å²) in [6, 6.07) is 0. The lowest BCUT2D eigenvalue weighted by Gasteiger charge is -2.08. The van der Waals surface area contributed by atoms with Gasteiger partial charge in [0, 0.05) is 20.1 Å². The van der Waals surface area contributed by atoms with Gasteiger partial charge in [0.2, 0.25) is 0 Å². The van der Waals surface area contributed by atoms with Gasteiger partial charge in [-0.05, 0) is 6.42 Å². The molecule has 0 spiro atoms. The number of nitrogens with two attached hydrogens (primary N) is 1. The van der Waals surface area contributed by atoms with Crippen LogP contribution < -0.4 is 5.14 Å². The van der Waals surface area contributed by atoms with E-state index >= 15 is 0 Å². The average molecular weight is 304 g/mol. The first-order valence-electron chi connectivity index (χ1n) is 6.94. The van der Waals surface area contributed by atoms with E-state index in [4.69, 9.17) is 9.88 Å². The number of aromatic nitrogens is 3. The lowest BCUT2D eigenvalue weighted by Crippen LogP contribution is -2.21. The van der Waals surface area contributed by atoms with Crippen molar-refractivity contribution in [3.05, 3.63) is 5.82 Å². The topological polar surface area (TPSA) is 100 Å². The van der Waals surface area contributed by atoms with Crippen LogP contribution in [0, 0.1) is 0 Å². The molecule has 0 saturated carbocycles. The highest BCUT2D eigenvalue weighted by molar-refractivity contribution is 7.89. The third kappa shape index (κ3) is 5.18. The minimum Gasteiger partial charge on any atom is -0.383 e. The predicted octanol–water partition coefficient (Wildman–Crippen LogP) is 1.08. The highest BCUT2D eigenvalue weighted by Gasteiger charge is 2.20. The molecule has 0 atom stereocenters. The molecule has 1 heterocycles. The number of unbranched alkanes of at least 4 members (excludes halogenated alkanes) is 4. The molecule has 0 radical (unpaired) electrons. The van der Waals surface area contributed by atoms with E-state index in [1.165, 1.54) is 19.3 Å². The van der Waals surface area contributed by atoms with Crippen molar-refractivity contribution in [3.63, 3.8) is 0 Å². The minimum atomic E-state index is -3.85.